The normalized spacial score (nSPS) is 19.3. The third-order valence-corrected chi connectivity index (χ3v) is 6.67. The van der Waals surface area contributed by atoms with E-state index in [-0.39, 0.29) is 6.04 Å². The van der Waals surface area contributed by atoms with Crippen molar-refractivity contribution in [2.75, 3.05) is 49.1 Å². The number of hydrogen-bond donors (Lipinski definition) is 1. The van der Waals surface area contributed by atoms with E-state index in [2.05, 4.69) is 87.7 Å². The molecular formula is C26H32N6O. The molecule has 2 aromatic carbocycles. The zero-order valence-corrected chi connectivity index (χ0v) is 19.4. The third kappa shape index (κ3) is 4.94. The third-order valence-electron chi connectivity index (χ3n) is 6.67. The number of aromatic nitrogens is 2. The maximum atomic E-state index is 5.92. The molecule has 3 aromatic rings. The lowest BCUT2D eigenvalue weighted by Crippen LogP contribution is -2.41. The second-order valence-corrected chi connectivity index (χ2v) is 8.99. The van der Waals surface area contributed by atoms with Crippen molar-refractivity contribution in [3.05, 3.63) is 72.6 Å². The molecule has 2 aliphatic rings. The predicted octanol–water partition coefficient (Wildman–Crippen LogP) is 4.63. The number of nitrogens with zero attached hydrogens (tertiary/aromatic N) is 5. The molecule has 0 spiro atoms. The van der Waals surface area contributed by atoms with Crippen LogP contribution in [0.3, 0.4) is 0 Å². The molecule has 2 fully saturated rings. The molecule has 1 aromatic heterocycles. The van der Waals surface area contributed by atoms with E-state index in [0.717, 1.165) is 36.8 Å². The molecule has 2 aliphatic heterocycles. The van der Waals surface area contributed by atoms with Gasteiger partial charge in [-0.15, -0.1) is 0 Å². The first-order valence-electron chi connectivity index (χ1n) is 11.7. The summed E-state index contributed by atoms with van der Waals surface area (Å²) in [5.41, 5.74) is 3.51. The van der Waals surface area contributed by atoms with E-state index in [1.807, 2.05) is 17.2 Å². The van der Waals surface area contributed by atoms with Gasteiger partial charge in [-0.3, -0.25) is 4.84 Å². The van der Waals surface area contributed by atoms with E-state index < -0.39 is 0 Å². The van der Waals surface area contributed by atoms with E-state index in [1.54, 1.807) is 6.33 Å². The summed E-state index contributed by atoms with van der Waals surface area (Å²) in [6.07, 6.45) is 4.94. The van der Waals surface area contributed by atoms with Crippen molar-refractivity contribution < 1.29 is 4.84 Å². The van der Waals surface area contributed by atoms with Crippen LogP contribution in [0.4, 0.5) is 23.0 Å². The molecule has 7 heteroatoms. The van der Waals surface area contributed by atoms with Gasteiger partial charge in [-0.25, -0.2) is 15.0 Å². The average molecular weight is 445 g/mol. The van der Waals surface area contributed by atoms with Crippen molar-refractivity contribution in [3.8, 4) is 0 Å². The highest BCUT2D eigenvalue weighted by Crippen LogP contribution is 2.34. The van der Waals surface area contributed by atoms with Gasteiger partial charge in [0.15, 0.2) is 5.82 Å². The Labute approximate surface area is 196 Å². The van der Waals surface area contributed by atoms with Crippen molar-refractivity contribution in [3.63, 3.8) is 0 Å². The van der Waals surface area contributed by atoms with Gasteiger partial charge in [-0.1, -0.05) is 30.3 Å². The summed E-state index contributed by atoms with van der Waals surface area (Å²) in [5, 5.41) is 5.32. The molecule has 5 rings (SSSR count). The maximum absolute atomic E-state index is 5.92. The van der Waals surface area contributed by atoms with Gasteiger partial charge >= 0.3 is 0 Å². The highest BCUT2D eigenvalue weighted by Gasteiger charge is 2.29. The Bertz CT molecular complexity index is 1030. The molecule has 1 atom stereocenters. The summed E-state index contributed by atoms with van der Waals surface area (Å²) in [7, 11) is 4.36. The monoisotopic (exact) mass is 444 g/mol. The summed E-state index contributed by atoms with van der Waals surface area (Å²) >= 11 is 0. The van der Waals surface area contributed by atoms with Crippen molar-refractivity contribution in [1.29, 1.82) is 0 Å². The Morgan fingerprint density at radius 1 is 0.939 bits per heavy atom. The Kier molecular flexibility index (Phi) is 6.41. The van der Waals surface area contributed by atoms with Gasteiger partial charge < -0.3 is 15.1 Å². The van der Waals surface area contributed by atoms with Crippen LogP contribution < -0.4 is 15.3 Å². The number of piperidine rings is 1. The molecule has 0 radical (unpaired) electrons. The largest absolute Gasteiger partial charge is 0.371 e. The average Bonchev–Trinajstić information content (AvgIpc) is 3.36. The topological polar surface area (TPSA) is 56.8 Å². The molecule has 0 amide bonds. The zero-order chi connectivity index (χ0) is 22.6. The molecule has 172 valence electrons. The van der Waals surface area contributed by atoms with Crippen LogP contribution in [-0.2, 0) is 4.84 Å². The summed E-state index contributed by atoms with van der Waals surface area (Å²) < 4.78 is 0. The van der Waals surface area contributed by atoms with Crippen molar-refractivity contribution in [2.45, 2.75) is 31.3 Å². The summed E-state index contributed by atoms with van der Waals surface area (Å²) in [6, 6.07) is 21.8. The van der Waals surface area contributed by atoms with Gasteiger partial charge in [0.05, 0.1) is 12.6 Å². The highest BCUT2D eigenvalue weighted by atomic mass is 16.7. The van der Waals surface area contributed by atoms with Gasteiger partial charge in [0.25, 0.3) is 0 Å². The van der Waals surface area contributed by atoms with Crippen LogP contribution in [0.15, 0.2) is 67.0 Å². The quantitative estimate of drug-likeness (QED) is 0.595. The molecule has 0 unspecified atom stereocenters. The van der Waals surface area contributed by atoms with E-state index in [1.165, 1.54) is 24.1 Å². The molecule has 1 N–H and O–H groups in total. The summed E-state index contributed by atoms with van der Waals surface area (Å²) in [4.78, 5) is 19.6. The van der Waals surface area contributed by atoms with E-state index in [0.29, 0.717) is 12.6 Å². The number of rotatable bonds is 6. The number of nitrogens with one attached hydrogen (secondary N) is 1. The molecule has 2 saturated heterocycles. The Hall–Kier alpha value is -3.16. The van der Waals surface area contributed by atoms with Crippen LogP contribution in [-0.4, -0.2) is 54.7 Å². The van der Waals surface area contributed by atoms with Gasteiger partial charge in [-0.2, -0.15) is 0 Å². The number of benzene rings is 2. The van der Waals surface area contributed by atoms with Crippen LogP contribution in [0.5, 0.6) is 0 Å². The predicted molar refractivity (Wildman–Crippen MR) is 133 cm³/mol. The smallest absolute Gasteiger partial charge is 0.158 e. The van der Waals surface area contributed by atoms with Crippen LogP contribution in [0, 0.1) is 0 Å². The van der Waals surface area contributed by atoms with Crippen LogP contribution in [0.2, 0.25) is 0 Å². The lowest BCUT2D eigenvalue weighted by atomic mass is 10.0. The minimum absolute atomic E-state index is 0.157. The summed E-state index contributed by atoms with van der Waals surface area (Å²) in [5.74, 6) is 1.51. The highest BCUT2D eigenvalue weighted by molar-refractivity contribution is 5.62. The first-order chi connectivity index (χ1) is 16.2. The second-order valence-electron chi connectivity index (χ2n) is 8.99. The molecule has 7 nitrogen and oxygen atoms in total. The second kappa shape index (κ2) is 9.77. The lowest BCUT2D eigenvalue weighted by molar-refractivity contribution is 0.157. The van der Waals surface area contributed by atoms with Gasteiger partial charge in [0, 0.05) is 43.0 Å². The van der Waals surface area contributed by atoms with Gasteiger partial charge in [-0.05, 0) is 56.8 Å². The molecule has 0 saturated carbocycles. The molecule has 0 bridgehead atoms. The number of hydroxylamine groups is 1. The fourth-order valence-electron chi connectivity index (χ4n) is 4.75. The van der Waals surface area contributed by atoms with Gasteiger partial charge in [0.2, 0.25) is 0 Å². The van der Waals surface area contributed by atoms with E-state index in [4.69, 9.17) is 4.84 Å². The first kappa shape index (κ1) is 21.7. The number of anilines is 4. The SMILES string of the molecule is CN(C)C1CCN(c2ccc(Nc3cc(N4OCC[C@@H]4c4ccccc4)ncn3)cc2)CC1. The first-order valence-corrected chi connectivity index (χ1v) is 11.7. The standard InChI is InChI=1S/C26H32N6O/c1-30(2)22-12-15-31(16-13-22)23-10-8-21(9-11-23)29-25-18-26(28-19-27-25)32-24(14-17-33-32)20-6-4-3-5-7-20/h3-11,18-19,22,24H,12-17H2,1-2H3,(H,27,28,29)/t24-/m1/s1. The Morgan fingerprint density at radius 3 is 2.42 bits per heavy atom. The zero-order valence-electron chi connectivity index (χ0n) is 19.4. The van der Waals surface area contributed by atoms with E-state index >= 15 is 0 Å². The minimum atomic E-state index is 0.157. The van der Waals surface area contributed by atoms with Crippen molar-refractivity contribution in [1.82, 2.24) is 14.9 Å². The number of hydrogen-bond acceptors (Lipinski definition) is 7. The fraction of sp³-hybridized carbons (Fsp3) is 0.385. The van der Waals surface area contributed by atoms with Crippen LogP contribution in [0.1, 0.15) is 30.9 Å². The fourth-order valence-corrected chi connectivity index (χ4v) is 4.75. The molecule has 3 heterocycles. The Morgan fingerprint density at radius 2 is 1.70 bits per heavy atom. The van der Waals surface area contributed by atoms with E-state index in [9.17, 15) is 0 Å². The molecule has 0 aliphatic carbocycles. The van der Waals surface area contributed by atoms with Crippen molar-refractivity contribution >= 4 is 23.0 Å². The molecule has 33 heavy (non-hydrogen) atoms. The van der Waals surface area contributed by atoms with Crippen molar-refractivity contribution in [2.24, 2.45) is 0 Å². The van der Waals surface area contributed by atoms with Gasteiger partial charge in [0.1, 0.15) is 12.1 Å². The minimum Gasteiger partial charge on any atom is -0.371 e. The molecular weight excluding hydrogens is 412 g/mol. The Balaban J connectivity index is 1.25. The van der Waals surface area contributed by atoms with Crippen LogP contribution in [0.25, 0.3) is 0 Å². The lowest BCUT2D eigenvalue weighted by Gasteiger charge is -2.36. The maximum Gasteiger partial charge on any atom is 0.158 e. The summed E-state index contributed by atoms with van der Waals surface area (Å²) in [6.45, 7) is 2.88. The van der Waals surface area contributed by atoms with Crippen LogP contribution >= 0.6 is 0 Å².